The Hall–Kier alpha value is -3.20. The Labute approximate surface area is 164 Å². The fourth-order valence-electron chi connectivity index (χ4n) is 2.34. The van der Waals surface area contributed by atoms with E-state index in [0.717, 1.165) is 24.2 Å². The molecule has 1 fully saturated rings. The van der Waals surface area contributed by atoms with E-state index >= 15 is 0 Å². The highest BCUT2D eigenvalue weighted by atomic mass is 32.1. The molecule has 0 aliphatic heterocycles. The molecule has 2 amide bonds. The summed E-state index contributed by atoms with van der Waals surface area (Å²) in [6.45, 7) is -0.505. The van der Waals surface area contributed by atoms with Crippen LogP contribution in [0, 0.1) is 5.92 Å². The lowest BCUT2D eigenvalue weighted by molar-refractivity contribution is -0.119. The van der Waals surface area contributed by atoms with Gasteiger partial charge in [0.05, 0.1) is 18.4 Å². The van der Waals surface area contributed by atoms with Crippen LogP contribution in [0.1, 0.15) is 32.9 Å². The standard InChI is InChI=1S/C19H18N2O6S/c1-26-19(25)16-14(8-9-28-16)21-15(22)10-27-18(24)12-4-6-13(7-5-12)20-17(23)11-2-3-11/h4-9,11H,2-3,10H2,1H3,(H,20,23)(H,21,22). The van der Waals surface area contributed by atoms with Crippen molar-refractivity contribution in [3.8, 4) is 0 Å². The quantitative estimate of drug-likeness (QED) is 0.689. The second-order valence-corrected chi connectivity index (χ2v) is 7.04. The molecular weight excluding hydrogens is 384 g/mol. The Morgan fingerprint density at radius 3 is 2.39 bits per heavy atom. The highest BCUT2D eigenvalue weighted by Gasteiger charge is 2.29. The predicted molar refractivity (Wildman–Crippen MR) is 102 cm³/mol. The number of hydrogen-bond donors (Lipinski definition) is 2. The maximum absolute atomic E-state index is 12.1. The third-order valence-electron chi connectivity index (χ3n) is 3.98. The van der Waals surface area contributed by atoms with Crippen LogP contribution in [-0.2, 0) is 19.1 Å². The van der Waals surface area contributed by atoms with E-state index in [-0.39, 0.29) is 22.3 Å². The molecule has 8 nitrogen and oxygen atoms in total. The van der Waals surface area contributed by atoms with Crippen molar-refractivity contribution in [2.75, 3.05) is 24.4 Å². The summed E-state index contributed by atoms with van der Waals surface area (Å²) in [6, 6.07) is 7.79. The summed E-state index contributed by atoms with van der Waals surface area (Å²) in [5.41, 5.74) is 1.15. The maximum Gasteiger partial charge on any atom is 0.350 e. The van der Waals surface area contributed by atoms with Crippen LogP contribution in [0.4, 0.5) is 11.4 Å². The van der Waals surface area contributed by atoms with Gasteiger partial charge in [-0.3, -0.25) is 9.59 Å². The van der Waals surface area contributed by atoms with Gasteiger partial charge in [-0.1, -0.05) is 0 Å². The molecule has 1 aliphatic rings. The zero-order valence-corrected chi connectivity index (χ0v) is 15.8. The third-order valence-corrected chi connectivity index (χ3v) is 4.88. The van der Waals surface area contributed by atoms with Crippen LogP contribution in [-0.4, -0.2) is 37.5 Å². The van der Waals surface area contributed by atoms with Crippen LogP contribution in [0.2, 0.25) is 0 Å². The van der Waals surface area contributed by atoms with Crippen molar-refractivity contribution in [1.82, 2.24) is 0 Å². The van der Waals surface area contributed by atoms with Crippen molar-refractivity contribution in [1.29, 1.82) is 0 Å². The predicted octanol–water partition coefficient (Wildman–Crippen LogP) is 2.68. The zero-order chi connectivity index (χ0) is 20.1. The lowest BCUT2D eigenvalue weighted by atomic mass is 10.2. The number of thiophene rings is 1. The normalized spacial score (nSPS) is 12.8. The van der Waals surface area contributed by atoms with E-state index in [9.17, 15) is 19.2 Å². The van der Waals surface area contributed by atoms with Crippen LogP contribution in [0.3, 0.4) is 0 Å². The van der Waals surface area contributed by atoms with Gasteiger partial charge in [0.15, 0.2) is 6.61 Å². The molecule has 1 heterocycles. The van der Waals surface area contributed by atoms with Gasteiger partial charge in [0, 0.05) is 11.6 Å². The van der Waals surface area contributed by atoms with Crippen molar-refractivity contribution < 1.29 is 28.7 Å². The van der Waals surface area contributed by atoms with Crippen molar-refractivity contribution >= 4 is 46.5 Å². The van der Waals surface area contributed by atoms with E-state index in [1.807, 2.05) is 0 Å². The minimum atomic E-state index is -0.672. The fraction of sp³-hybridized carbons (Fsp3) is 0.263. The second-order valence-electron chi connectivity index (χ2n) is 6.12. The summed E-state index contributed by atoms with van der Waals surface area (Å²) in [6.07, 6.45) is 1.82. The van der Waals surface area contributed by atoms with E-state index in [1.54, 1.807) is 23.6 Å². The molecule has 1 saturated carbocycles. The zero-order valence-electron chi connectivity index (χ0n) is 15.0. The van der Waals surface area contributed by atoms with Crippen LogP contribution in [0.5, 0.6) is 0 Å². The van der Waals surface area contributed by atoms with Gasteiger partial charge in [0.2, 0.25) is 5.91 Å². The van der Waals surface area contributed by atoms with E-state index in [4.69, 9.17) is 4.74 Å². The minimum Gasteiger partial charge on any atom is -0.465 e. The number of carbonyl (C=O) groups excluding carboxylic acids is 4. The number of methoxy groups -OCH3 is 1. The lowest BCUT2D eigenvalue weighted by Crippen LogP contribution is -2.21. The summed E-state index contributed by atoms with van der Waals surface area (Å²) < 4.78 is 9.61. The van der Waals surface area contributed by atoms with E-state index < -0.39 is 24.5 Å². The highest BCUT2D eigenvalue weighted by molar-refractivity contribution is 7.12. The van der Waals surface area contributed by atoms with Gasteiger partial charge >= 0.3 is 11.9 Å². The number of amides is 2. The fourth-order valence-corrected chi connectivity index (χ4v) is 3.10. The average Bonchev–Trinajstić information content (AvgIpc) is 3.46. The van der Waals surface area contributed by atoms with Crippen LogP contribution in [0.15, 0.2) is 35.7 Å². The molecule has 146 valence electrons. The molecule has 2 aromatic rings. The first-order chi connectivity index (χ1) is 13.5. The molecule has 0 bridgehead atoms. The number of nitrogens with one attached hydrogen (secondary N) is 2. The Kier molecular flexibility index (Phi) is 6.05. The SMILES string of the molecule is COC(=O)c1sccc1NC(=O)COC(=O)c1ccc(NC(=O)C2CC2)cc1. The van der Waals surface area contributed by atoms with Crippen molar-refractivity contribution in [3.63, 3.8) is 0 Å². The molecule has 9 heteroatoms. The van der Waals surface area contributed by atoms with Gasteiger partial charge in [0.1, 0.15) is 4.88 Å². The first-order valence-corrected chi connectivity index (χ1v) is 9.39. The Morgan fingerprint density at radius 1 is 1.04 bits per heavy atom. The monoisotopic (exact) mass is 402 g/mol. The number of benzene rings is 1. The van der Waals surface area contributed by atoms with E-state index in [0.29, 0.717) is 11.4 Å². The molecule has 3 rings (SSSR count). The Bertz CT molecular complexity index is 901. The van der Waals surface area contributed by atoms with E-state index in [2.05, 4.69) is 15.4 Å². The van der Waals surface area contributed by atoms with Crippen LogP contribution < -0.4 is 10.6 Å². The summed E-state index contributed by atoms with van der Waals surface area (Å²) >= 11 is 1.13. The topological polar surface area (TPSA) is 111 Å². The van der Waals surface area contributed by atoms with Gasteiger partial charge in [0.25, 0.3) is 5.91 Å². The summed E-state index contributed by atoms with van der Waals surface area (Å²) in [5.74, 6) is -1.74. The van der Waals surface area contributed by atoms with Crippen molar-refractivity contribution in [3.05, 3.63) is 46.2 Å². The van der Waals surface area contributed by atoms with E-state index in [1.165, 1.54) is 19.2 Å². The smallest absolute Gasteiger partial charge is 0.350 e. The van der Waals surface area contributed by atoms with Gasteiger partial charge in [-0.25, -0.2) is 9.59 Å². The summed E-state index contributed by atoms with van der Waals surface area (Å²) in [5, 5.41) is 6.91. The van der Waals surface area contributed by atoms with Gasteiger partial charge < -0.3 is 20.1 Å². The highest BCUT2D eigenvalue weighted by Crippen LogP contribution is 2.30. The molecule has 0 spiro atoms. The third kappa shape index (κ3) is 4.95. The number of esters is 2. The molecule has 0 saturated heterocycles. The first-order valence-electron chi connectivity index (χ1n) is 8.51. The number of rotatable bonds is 7. The number of hydrogen-bond acceptors (Lipinski definition) is 7. The average molecular weight is 402 g/mol. The molecule has 1 aromatic carbocycles. The summed E-state index contributed by atoms with van der Waals surface area (Å²) in [7, 11) is 1.25. The molecule has 0 atom stereocenters. The number of anilines is 2. The molecule has 0 radical (unpaired) electrons. The molecular formula is C19H18N2O6S. The Morgan fingerprint density at radius 2 is 1.75 bits per heavy atom. The maximum atomic E-state index is 12.1. The number of ether oxygens (including phenoxy) is 2. The van der Waals surface area contributed by atoms with Crippen LogP contribution in [0.25, 0.3) is 0 Å². The second kappa shape index (κ2) is 8.66. The number of carbonyl (C=O) groups is 4. The van der Waals surface area contributed by atoms with Crippen molar-refractivity contribution in [2.24, 2.45) is 5.92 Å². The molecule has 1 aliphatic carbocycles. The molecule has 2 N–H and O–H groups in total. The molecule has 0 unspecified atom stereocenters. The first kappa shape index (κ1) is 19.6. The minimum absolute atomic E-state index is 0.0215. The lowest BCUT2D eigenvalue weighted by Gasteiger charge is -2.08. The Balaban J connectivity index is 1.49. The summed E-state index contributed by atoms with van der Waals surface area (Å²) in [4.78, 5) is 47.6. The van der Waals surface area contributed by atoms with Crippen molar-refractivity contribution in [2.45, 2.75) is 12.8 Å². The van der Waals surface area contributed by atoms with Gasteiger partial charge in [-0.15, -0.1) is 11.3 Å². The van der Waals surface area contributed by atoms with Gasteiger partial charge in [-0.2, -0.15) is 0 Å². The molecule has 28 heavy (non-hydrogen) atoms. The molecule has 1 aromatic heterocycles. The van der Waals surface area contributed by atoms with Crippen LogP contribution >= 0.6 is 11.3 Å². The van der Waals surface area contributed by atoms with Gasteiger partial charge in [-0.05, 0) is 48.6 Å². The largest absolute Gasteiger partial charge is 0.465 e.